The monoisotopic (exact) mass is 234 g/mol. The first-order chi connectivity index (χ1) is 7.67. The van der Waals surface area contributed by atoms with Crippen molar-refractivity contribution in [2.45, 2.75) is 59.3 Å². The van der Waals surface area contributed by atoms with E-state index in [0.717, 1.165) is 25.8 Å². The van der Waals surface area contributed by atoms with Crippen LogP contribution in [-0.2, 0) is 4.74 Å². The zero-order chi connectivity index (χ0) is 12.0. The Labute approximate surface area is 108 Å². The summed E-state index contributed by atoms with van der Waals surface area (Å²) in [6.45, 7) is 9.64. The summed E-state index contributed by atoms with van der Waals surface area (Å²) in [5.41, 5.74) is 0. The van der Waals surface area contributed by atoms with E-state index in [2.05, 4.69) is 44.9 Å². The van der Waals surface area contributed by atoms with Gasteiger partial charge in [-0.1, -0.05) is 33.6 Å². The van der Waals surface area contributed by atoms with Gasteiger partial charge in [-0.25, -0.2) is 0 Å². The van der Waals surface area contributed by atoms with Crippen LogP contribution >= 0.6 is 0 Å². The Morgan fingerprint density at radius 1 is 1.41 bits per heavy atom. The zero-order valence-corrected chi connectivity index (χ0v) is 11.6. The number of rotatable bonds is 4. The van der Waals surface area contributed by atoms with E-state index in [1.807, 2.05) is 0 Å². The van der Waals surface area contributed by atoms with Crippen molar-refractivity contribution in [3.05, 3.63) is 0 Å². The van der Waals surface area contributed by atoms with Gasteiger partial charge in [0.1, 0.15) is 6.23 Å². The van der Waals surface area contributed by atoms with Gasteiger partial charge in [0.25, 0.3) is 0 Å². The maximum absolute atomic E-state index is 5.92. The fourth-order valence-corrected chi connectivity index (χ4v) is 2.16. The molecule has 3 heteroatoms. The van der Waals surface area contributed by atoms with Crippen molar-refractivity contribution in [3.8, 4) is 11.8 Å². The molecule has 95 valence electrons. The lowest BCUT2D eigenvalue weighted by Crippen LogP contribution is -2.32. The van der Waals surface area contributed by atoms with Gasteiger partial charge in [0, 0.05) is 27.3 Å². The van der Waals surface area contributed by atoms with Gasteiger partial charge in [-0.05, 0) is 18.8 Å². The van der Waals surface area contributed by atoms with E-state index >= 15 is 0 Å². The molecule has 17 heavy (non-hydrogen) atoms. The Morgan fingerprint density at radius 3 is 2.65 bits per heavy atom. The summed E-state index contributed by atoms with van der Waals surface area (Å²) in [5, 5.41) is 3.46. The lowest BCUT2D eigenvalue weighted by atomic mass is 10.0. The van der Waals surface area contributed by atoms with Gasteiger partial charge in [-0.3, -0.25) is 5.32 Å². The molecule has 0 aromatic heterocycles. The summed E-state index contributed by atoms with van der Waals surface area (Å²) in [4.78, 5) is 0. The Kier molecular flexibility index (Phi) is 8.38. The van der Waals surface area contributed by atoms with Crippen LogP contribution in [0.15, 0.2) is 0 Å². The standard InChI is InChI=1S/C14H25NO.B/c1-5-7-8-11(3)10-15-14-9-12(4)13(6-2)16-14;/h11-15H,5-6,9-10H2,1-4H3;. The summed E-state index contributed by atoms with van der Waals surface area (Å²) in [7, 11) is 0. The van der Waals surface area contributed by atoms with Crippen LogP contribution in [0.25, 0.3) is 0 Å². The van der Waals surface area contributed by atoms with Gasteiger partial charge in [-0.15, -0.1) is 5.92 Å². The van der Waals surface area contributed by atoms with Crippen molar-refractivity contribution in [2.24, 2.45) is 11.8 Å². The lowest BCUT2D eigenvalue weighted by molar-refractivity contribution is 0.0161. The summed E-state index contributed by atoms with van der Waals surface area (Å²) in [6, 6.07) is 0. The van der Waals surface area contributed by atoms with Crippen molar-refractivity contribution < 1.29 is 4.74 Å². The molecule has 1 N–H and O–H groups in total. The lowest BCUT2D eigenvalue weighted by Gasteiger charge is -2.15. The fraction of sp³-hybridized carbons (Fsp3) is 0.857. The zero-order valence-electron chi connectivity index (χ0n) is 11.6. The van der Waals surface area contributed by atoms with Crippen LogP contribution in [0.2, 0.25) is 0 Å². The van der Waals surface area contributed by atoms with Gasteiger partial charge in [0.15, 0.2) is 0 Å². The number of hydrogen-bond acceptors (Lipinski definition) is 2. The van der Waals surface area contributed by atoms with E-state index in [0.29, 0.717) is 17.9 Å². The van der Waals surface area contributed by atoms with Crippen LogP contribution in [0.3, 0.4) is 0 Å². The molecule has 4 unspecified atom stereocenters. The maximum atomic E-state index is 5.92. The Balaban J connectivity index is 0.00000256. The molecule has 4 atom stereocenters. The Bertz CT molecular complexity index is 259. The van der Waals surface area contributed by atoms with Gasteiger partial charge in [0.05, 0.1) is 6.10 Å². The SMILES string of the molecule is CCC#CC(C)CNC1CC(C)C(CC)O1.[B]. The minimum atomic E-state index is 0. The van der Waals surface area contributed by atoms with Crippen molar-refractivity contribution in [1.82, 2.24) is 5.32 Å². The Morgan fingerprint density at radius 2 is 2.12 bits per heavy atom. The molecule has 3 radical (unpaired) electrons. The molecule has 0 bridgehead atoms. The highest BCUT2D eigenvalue weighted by Gasteiger charge is 2.30. The largest absolute Gasteiger partial charge is 0.360 e. The molecule has 0 amide bonds. The smallest absolute Gasteiger partial charge is 0.108 e. The summed E-state index contributed by atoms with van der Waals surface area (Å²) in [5.74, 6) is 7.44. The summed E-state index contributed by atoms with van der Waals surface area (Å²) < 4.78 is 5.92. The molecule has 0 aliphatic carbocycles. The van der Waals surface area contributed by atoms with E-state index in [9.17, 15) is 0 Å². The first-order valence-electron chi connectivity index (χ1n) is 6.54. The van der Waals surface area contributed by atoms with Crippen molar-refractivity contribution in [1.29, 1.82) is 0 Å². The van der Waals surface area contributed by atoms with Crippen molar-refractivity contribution >= 4 is 8.41 Å². The quantitative estimate of drug-likeness (QED) is 0.595. The van der Waals surface area contributed by atoms with Crippen molar-refractivity contribution in [3.63, 3.8) is 0 Å². The third kappa shape index (κ3) is 5.61. The van der Waals surface area contributed by atoms with Crippen molar-refractivity contribution in [2.75, 3.05) is 6.54 Å². The molecule has 1 rings (SSSR count). The van der Waals surface area contributed by atoms with Crippen LogP contribution in [0.4, 0.5) is 0 Å². The van der Waals surface area contributed by atoms with E-state index in [-0.39, 0.29) is 14.6 Å². The predicted molar refractivity (Wildman–Crippen MR) is 73.7 cm³/mol. The normalized spacial score (nSPS) is 29.1. The molecule has 0 aromatic rings. The second-order valence-corrected chi connectivity index (χ2v) is 4.77. The van der Waals surface area contributed by atoms with Crippen LogP contribution < -0.4 is 5.32 Å². The number of nitrogens with one attached hydrogen (secondary N) is 1. The minimum Gasteiger partial charge on any atom is -0.360 e. The fourth-order valence-electron chi connectivity index (χ4n) is 2.16. The van der Waals surface area contributed by atoms with Crippen LogP contribution in [0.5, 0.6) is 0 Å². The highest BCUT2D eigenvalue weighted by Crippen LogP contribution is 2.26. The molecule has 1 saturated heterocycles. The Hall–Kier alpha value is -0.455. The number of hydrogen-bond donors (Lipinski definition) is 1. The molecule has 1 heterocycles. The molecule has 0 aromatic carbocycles. The number of ether oxygens (including phenoxy) is 1. The first-order valence-corrected chi connectivity index (χ1v) is 6.54. The maximum Gasteiger partial charge on any atom is 0.108 e. The highest BCUT2D eigenvalue weighted by atomic mass is 16.5. The van der Waals surface area contributed by atoms with Gasteiger partial charge in [0.2, 0.25) is 0 Å². The van der Waals surface area contributed by atoms with Crippen LogP contribution in [0.1, 0.15) is 47.0 Å². The van der Waals surface area contributed by atoms with E-state index in [1.165, 1.54) is 0 Å². The summed E-state index contributed by atoms with van der Waals surface area (Å²) in [6.07, 6.45) is 3.87. The molecule has 2 nitrogen and oxygen atoms in total. The van der Waals surface area contributed by atoms with Gasteiger partial charge in [-0.2, -0.15) is 0 Å². The molecular weight excluding hydrogens is 209 g/mol. The molecule has 1 aliphatic rings. The molecule has 0 spiro atoms. The molecular formula is C14H25BNO. The third-order valence-electron chi connectivity index (χ3n) is 3.14. The third-order valence-corrected chi connectivity index (χ3v) is 3.14. The first kappa shape index (κ1) is 16.5. The van der Waals surface area contributed by atoms with Crippen LogP contribution in [0, 0.1) is 23.7 Å². The average Bonchev–Trinajstić information content (AvgIpc) is 2.64. The topological polar surface area (TPSA) is 21.3 Å². The predicted octanol–water partition coefficient (Wildman–Crippen LogP) is 2.41. The van der Waals surface area contributed by atoms with Gasteiger partial charge < -0.3 is 4.74 Å². The van der Waals surface area contributed by atoms with E-state index in [4.69, 9.17) is 4.74 Å². The second-order valence-electron chi connectivity index (χ2n) is 4.77. The van der Waals surface area contributed by atoms with E-state index in [1.54, 1.807) is 0 Å². The highest BCUT2D eigenvalue weighted by molar-refractivity contribution is 5.75. The minimum absolute atomic E-state index is 0. The summed E-state index contributed by atoms with van der Waals surface area (Å²) >= 11 is 0. The second kappa shape index (κ2) is 8.61. The molecule has 1 aliphatic heterocycles. The average molecular weight is 234 g/mol. The molecule has 0 saturated carbocycles. The van der Waals surface area contributed by atoms with Crippen LogP contribution in [-0.4, -0.2) is 27.3 Å². The van der Waals surface area contributed by atoms with Gasteiger partial charge >= 0.3 is 0 Å². The molecule has 1 fully saturated rings. The van der Waals surface area contributed by atoms with E-state index < -0.39 is 0 Å².